The maximum absolute atomic E-state index is 11.5. The predicted molar refractivity (Wildman–Crippen MR) is 121 cm³/mol. The van der Waals surface area contributed by atoms with Crippen LogP contribution >= 0.6 is 0 Å². The first-order valence-corrected chi connectivity index (χ1v) is 10.5. The third-order valence-electron chi connectivity index (χ3n) is 4.28. The molecule has 0 radical (unpaired) electrons. The Bertz CT molecular complexity index is 659. The number of hydrogen-bond donors (Lipinski definition) is 2. The van der Waals surface area contributed by atoms with Crippen LogP contribution in [0.2, 0.25) is 0 Å². The van der Waals surface area contributed by atoms with Crippen molar-refractivity contribution in [1.82, 2.24) is 0 Å². The van der Waals surface area contributed by atoms with E-state index in [1.807, 2.05) is 30.4 Å². The Morgan fingerprint density at radius 3 is 1.80 bits per heavy atom. The Morgan fingerprint density at radius 1 is 0.833 bits per heavy atom. The number of rotatable bonds is 17. The zero-order valence-corrected chi connectivity index (χ0v) is 17.9. The summed E-state index contributed by atoms with van der Waals surface area (Å²) < 4.78 is 0. The van der Waals surface area contributed by atoms with Gasteiger partial charge in [-0.2, -0.15) is 0 Å². The fraction of sp³-hybridized carbons (Fsp3) is 0.458. The third-order valence-corrected chi connectivity index (χ3v) is 4.28. The summed E-state index contributed by atoms with van der Waals surface area (Å²) in [5.41, 5.74) is -2.99. The number of carbonyl (C=O) groups excluding carboxylic acids is 1. The van der Waals surface area contributed by atoms with E-state index in [1.54, 1.807) is 18.2 Å². The van der Waals surface area contributed by atoms with E-state index in [-0.39, 0.29) is 0 Å². The number of allylic oxidation sites excluding steroid dienone is 11. The van der Waals surface area contributed by atoms with E-state index >= 15 is 0 Å². The predicted octanol–water partition coefficient (Wildman–Crippen LogP) is 4.99. The van der Waals surface area contributed by atoms with Crippen molar-refractivity contribution in [3.8, 4) is 0 Å². The van der Waals surface area contributed by atoms with Crippen LogP contribution in [0.5, 0.6) is 0 Å². The highest BCUT2D eigenvalue weighted by Crippen LogP contribution is 2.09. The molecule has 0 spiro atoms. The lowest BCUT2D eigenvalue weighted by atomic mass is 10.1. The number of nitrogens with zero attached hydrogens (tertiary/aromatic N) is 1. The number of ketones is 1. The van der Waals surface area contributed by atoms with Crippen molar-refractivity contribution >= 4 is 5.78 Å². The SMILES string of the molecule is CCCCCCCCCC=CC=CC=CC=CC=CC=CC(=O)C(O)(CO)[N+](=O)[O-]. The van der Waals surface area contributed by atoms with E-state index in [1.165, 1.54) is 57.1 Å². The molecule has 6 heteroatoms. The van der Waals surface area contributed by atoms with Gasteiger partial charge in [0, 0.05) is 0 Å². The second kappa shape index (κ2) is 18.5. The number of hydrogen-bond acceptors (Lipinski definition) is 5. The molecule has 0 fully saturated rings. The highest BCUT2D eigenvalue weighted by Gasteiger charge is 2.46. The van der Waals surface area contributed by atoms with Crippen LogP contribution in [0.15, 0.2) is 72.9 Å². The lowest BCUT2D eigenvalue weighted by molar-refractivity contribution is -0.606. The summed E-state index contributed by atoms with van der Waals surface area (Å²) in [6, 6.07) is 0. The molecular formula is C24H35NO5. The molecule has 6 nitrogen and oxygen atoms in total. The van der Waals surface area contributed by atoms with E-state index in [0.717, 1.165) is 12.5 Å². The number of aliphatic hydroxyl groups excluding tert-OH is 1. The van der Waals surface area contributed by atoms with Crippen LogP contribution in [0, 0.1) is 10.1 Å². The summed E-state index contributed by atoms with van der Waals surface area (Å²) in [4.78, 5) is 20.9. The zero-order valence-electron chi connectivity index (χ0n) is 17.9. The monoisotopic (exact) mass is 417 g/mol. The van der Waals surface area contributed by atoms with Crippen molar-refractivity contribution in [1.29, 1.82) is 0 Å². The molecule has 0 aromatic carbocycles. The Kier molecular flexibility index (Phi) is 16.9. The summed E-state index contributed by atoms with van der Waals surface area (Å²) in [7, 11) is 0. The Morgan fingerprint density at radius 2 is 1.30 bits per heavy atom. The molecule has 0 rings (SSSR count). The minimum absolute atomic E-state index is 0.848. The van der Waals surface area contributed by atoms with Crippen molar-refractivity contribution in [3.63, 3.8) is 0 Å². The summed E-state index contributed by atoms with van der Waals surface area (Å²) in [6.45, 7) is 0.956. The van der Waals surface area contributed by atoms with Gasteiger partial charge in [0.2, 0.25) is 0 Å². The number of nitro groups is 1. The van der Waals surface area contributed by atoms with Gasteiger partial charge in [-0.05, 0) is 18.9 Å². The van der Waals surface area contributed by atoms with Crippen molar-refractivity contribution < 1.29 is 19.9 Å². The molecule has 0 saturated heterocycles. The van der Waals surface area contributed by atoms with Crippen LogP contribution in [-0.4, -0.2) is 33.3 Å². The topological polar surface area (TPSA) is 101 Å². The van der Waals surface area contributed by atoms with Crippen LogP contribution < -0.4 is 0 Å². The molecular weight excluding hydrogens is 382 g/mol. The molecule has 0 aromatic heterocycles. The average Bonchev–Trinajstić information content (AvgIpc) is 2.74. The first kappa shape index (κ1) is 27.4. The normalized spacial score (nSPS) is 14.9. The highest BCUT2D eigenvalue weighted by atomic mass is 16.7. The second-order valence-corrected chi connectivity index (χ2v) is 6.83. The van der Waals surface area contributed by atoms with Gasteiger partial charge < -0.3 is 10.2 Å². The molecule has 2 N–H and O–H groups in total. The first-order valence-electron chi connectivity index (χ1n) is 10.5. The van der Waals surface area contributed by atoms with E-state index in [0.29, 0.717) is 0 Å². The molecule has 1 atom stereocenters. The van der Waals surface area contributed by atoms with Gasteiger partial charge >= 0.3 is 5.72 Å². The van der Waals surface area contributed by atoms with Gasteiger partial charge in [-0.15, -0.1) is 0 Å². The lowest BCUT2D eigenvalue weighted by Gasteiger charge is -2.12. The molecule has 0 aromatic rings. The molecule has 30 heavy (non-hydrogen) atoms. The highest BCUT2D eigenvalue weighted by molar-refractivity contribution is 5.95. The zero-order chi connectivity index (χ0) is 22.5. The van der Waals surface area contributed by atoms with Gasteiger partial charge in [0.05, 0.1) is 4.92 Å². The standard InChI is InChI=1S/C24H35NO5/c1-2-3-4-5-6-7-8-9-10-11-12-13-14-15-16-17-18-19-20-21-23(27)24(28,22-26)25(29)30/h10-21,26,28H,2-9,22H2,1H3. The summed E-state index contributed by atoms with van der Waals surface area (Å²) in [6.07, 6.45) is 31.0. The quantitative estimate of drug-likeness (QED) is 0.0867. The molecule has 0 aliphatic carbocycles. The Labute approximate surface area is 179 Å². The van der Waals surface area contributed by atoms with Gasteiger partial charge in [0.25, 0.3) is 5.78 Å². The van der Waals surface area contributed by atoms with Crippen LogP contribution in [0.1, 0.15) is 58.3 Å². The van der Waals surface area contributed by atoms with Gasteiger partial charge in [-0.3, -0.25) is 14.9 Å². The van der Waals surface area contributed by atoms with E-state index in [2.05, 4.69) is 13.0 Å². The van der Waals surface area contributed by atoms with Crippen molar-refractivity contribution in [2.24, 2.45) is 0 Å². The van der Waals surface area contributed by atoms with Crippen molar-refractivity contribution in [2.45, 2.75) is 64.0 Å². The molecule has 0 aliphatic rings. The Hall–Kier alpha value is -2.57. The number of carbonyl (C=O) groups is 1. The molecule has 0 amide bonds. The maximum Gasteiger partial charge on any atom is 0.408 e. The number of unbranched alkanes of at least 4 members (excludes halogenated alkanes) is 7. The fourth-order valence-electron chi connectivity index (χ4n) is 2.41. The summed E-state index contributed by atoms with van der Waals surface area (Å²) in [5, 5.41) is 28.8. The molecule has 0 aliphatic heterocycles. The minimum Gasteiger partial charge on any atom is -0.385 e. The second-order valence-electron chi connectivity index (χ2n) is 6.83. The smallest absolute Gasteiger partial charge is 0.385 e. The fourth-order valence-corrected chi connectivity index (χ4v) is 2.41. The number of aliphatic hydroxyl groups is 2. The van der Waals surface area contributed by atoms with Crippen LogP contribution in [0.25, 0.3) is 0 Å². The van der Waals surface area contributed by atoms with Gasteiger partial charge in [0.1, 0.15) is 6.61 Å². The van der Waals surface area contributed by atoms with Crippen LogP contribution in [-0.2, 0) is 4.79 Å². The minimum atomic E-state index is -2.99. The van der Waals surface area contributed by atoms with E-state index in [4.69, 9.17) is 5.11 Å². The van der Waals surface area contributed by atoms with E-state index < -0.39 is 23.0 Å². The first-order chi connectivity index (χ1) is 14.5. The Balaban J connectivity index is 3.97. The van der Waals surface area contributed by atoms with Crippen molar-refractivity contribution in [3.05, 3.63) is 83.0 Å². The maximum atomic E-state index is 11.5. The molecule has 166 valence electrons. The summed E-state index contributed by atoms with van der Waals surface area (Å²) >= 11 is 0. The third kappa shape index (κ3) is 13.6. The lowest BCUT2D eigenvalue weighted by Crippen LogP contribution is -2.48. The molecule has 0 bridgehead atoms. The van der Waals surface area contributed by atoms with Crippen LogP contribution in [0.4, 0.5) is 0 Å². The molecule has 0 heterocycles. The average molecular weight is 418 g/mol. The van der Waals surface area contributed by atoms with Crippen LogP contribution in [0.3, 0.4) is 0 Å². The van der Waals surface area contributed by atoms with Gasteiger partial charge in [-0.25, -0.2) is 0 Å². The van der Waals surface area contributed by atoms with Gasteiger partial charge in [0.15, 0.2) is 0 Å². The largest absolute Gasteiger partial charge is 0.408 e. The van der Waals surface area contributed by atoms with E-state index in [9.17, 15) is 20.0 Å². The molecule has 0 saturated carbocycles. The van der Waals surface area contributed by atoms with Crippen molar-refractivity contribution in [2.75, 3.05) is 6.61 Å². The summed E-state index contributed by atoms with van der Waals surface area (Å²) in [5.74, 6) is -1.19. The van der Waals surface area contributed by atoms with Gasteiger partial charge in [-0.1, -0.05) is 112 Å². The molecule has 1 unspecified atom stereocenters.